The molecule has 3 aromatic heterocycles. The highest BCUT2D eigenvalue weighted by Crippen LogP contribution is 2.32. The summed E-state index contributed by atoms with van der Waals surface area (Å²) in [5, 5.41) is 17.1. The highest BCUT2D eigenvalue weighted by Gasteiger charge is 2.45. The zero-order chi connectivity index (χ0) is 36.9. The van der Waals surface area contributed by atoms with E-state index in [1.54, 1.807) is 30.3 Å². The second-order valence-electron chi connectivity index (χ2n) is 13.1. The Bertz CT molecular complexity index is 2190. The molecule has 1 unspecified atom stereocenters. The number of piperidine rings is 1. The Morgan fingerprint density at radius 1 is 0.943 bits per heavy atom. The molecule has 5 N–H and O–H groups in total. The normalized spacial score (nSPS) is 15.5. The largest absolute Gasteiger partial charge is 0.384 e. The molecule has 53 heavy (non-hydrogen) atoms. The lowest BCUT2D eigenvalue weighted by Crippen LogP contribution is -2.54. The highest BCUT2D eigenvalue weighted by atomic mass is 16.2. The third-order valence-corrected chi connectivity index (χ3v) is 9.35. The molecule has 0 radical (unpaired) electrons. The fourth-order valence-electron chi connectivity index (χ4n) is 6.68. The molecule has 272 valence electrons. The van der Waals surface area contributed by atoms with Crippen molar-refractivity contribution >= 4 is 57.9 Å². The predicted octanol–water partition coefficient (Wildman–Crippen LogP) is 4.78. The van der Waals surface area contributed by atoms with E-state index in [4.69, 9.17) is 4.98 Å². The smallest absolute Gasteiger partial charge is 0.264 e. The van der Waals surface area contributed by atoms with Gasteiger partial charge in [0, 0.05) is 66.3 Å². The summed E-state index contributed by atoms with van der Waals surface area (Å²) in [5.41, 5.74) is 4.73. The molecular weight excluding hydrogens is 676 g/mol. The number of aromatic nitrogens is 5. The minimum Gasteiger partial charge on any atom is -0.384 e. The maximum Gasteiger partial charge on any atom is 0.264 e. The zero-order valence-corrected chi connectivity index (χ0v) is 29.3. The van der Waals surface area contributed by atoms with Gasteiger partial charge < -0.3 is 20.9 Å². The van der Waals surface area contributed by atoms with Crippen LogP contribution in [0.3, 0.4) is 0 Å². The molecule has 5 heterocycles. The van der Waals surface area contributed by atoms with Crippen molar-refractivity contribution in [3.05, 3.63) is 83.8 Å². The first-order valence-electron chi connectivity index (χ1n) is 17.9. The van der Waals surface area contributed by atoms with Crippen LogP contribution in [0.15, 0.2) is 67.1 Å². The maximum absolute atomic E-state index is 13.3. The second-order valence-corrected chi connectivity index (χ2v) is 13.1. The van der Waals surface area contributed by atoms with E-state index >= 15 is 0 Å². The number of rotatable bonds is 15. The standard InChI is InChI=1S/C38H40N10O5/c1-2-20-47-22-24(21-42-47)32-27-16-19-40-33(27)46-38(45-32)43-25-12-10-23(11-13-25)34(50)41-18-6-4-3-5-17-39-28-9-7-8-26-31(28)37(53)48(36(26)52)29-14-15-30(49)44-35(29)51/h7-13,16,19,21-22,29,39H,2-6,14-15,17-18,20H2,1H3,(H,41,50)(H,44,49,51)(H2,40,43,45,46). The van der Waals surface area contributed by atoms with Gasteiger partial charge in [-0.3, -0.25) is 38.9 Å². The third-order valence-electron chi connectivity index (χ3n) is 9.35. The molecule has 0 bridgehead atoms. The number of aryl methyl sites for hydroxylation is 1. The zero-order valence-electron chi connectivity index (χ0n) is 29.3. The van der Waals surface area contributed by atoms with Gasteiger partial charge in [-0.1, -0.05) is 25.8 Å². The van der Waals surface area contributed by atoms with Crippen LogP contribution in [0.5, 0.6) is 0 Å². The van der Waals surface area contributed by atoms with Gasteiger partial charge in [-0.25, -0.2) is 4.98 Å². The lowest BCUT2D eigenvalue weighted by atomic mass is 10.0. The Kier molecular flexibility index (Phi) is 10.2. The van der Waals surface area contributed by atoms with E-state index in [2.05, 4.69) is 43.3 Å². The van der Waals surface area contributed by atoms with E-state index in [1.165, 1.54) is 0 Å². The van der Waals surface area contributed by atoms with Crippen LogP contribution in [0.1, 0.15) is 82.9 Å². The number of anilines is 3. The van der Waals surface area contributed by atoms with Gasteiger partial charge in [0.1, 0.15) is 11.7 Å². The number of nitrogens with one attached hydrogen (secondary N) is 5. The summed E-state index contributed by atoms with van der Waals surface area (Å²) in [7, 11) is 0. The van der Waals surface area contributed by atoms with Gasteiger partial charge in [0.05, 0.1) is 23.0 Å². The van der Waals surface area contributed by atoms with Crippen LogP contribution < -0.4 is 21.3 Å². The van der Waals surface area contributed by atoms with Crippen molar-refractivity contribution in [1.29, 1.82) is 0 Å². The number of unbranched alkanes of at least 4 members (excludes halogenated alkanes) is 3. The summed E-state index contributed by atoms with van der Waals surface area (Å²) in [6, 6.07) is 13.1. The Labute approximate surface area is 304 Å². The van der Waals surface area contributed by atoms with Crippen molar-refractivity contribution in [2.75, 3.05) is 23.7 Å². The van der Waals surface area contributed by atoms with Gasteiger partial charge in [-0.2, -0.15) is 10.1 Å². The molecule has 5 aromatic rings. The monoisotopic (exact) mass is 716 g/mol. The SMILES string of the molecule is CCCn1cc(-c2nc(Nc3ccc(C(=O)NCCCCCCNc4cccc5c4C(=O)N(C4CCC(=O)NC4=O)C5=O)cc3)nc3[nH]ccc23)cn1. The van der Waals surface area contributed by atoms with Crippen molar-refractivity contribution in [3.8, 4) is 11.3 Å². The van der Waals surface area contributed by atoms with Crippen LogP contribution in [0.25, 0.3) is 22.3 Å². The van der Waals surface area contributed by atoms with Gasteiger partial charge in [-0.05, 0) is 68.1 Å². The highest BCUT2D eigenvalue weighted by molar-refractivity contribution is 6.25. The minimum atomic E-state index is -1.00. The summed E-state index contributed by atoms with van der Waals surface area (Å²) in [6.45, 7) is 4.05. The summed E-state index contributed by atoms with van der Waals surface area (Å²) >= 11 is 0. The Morgan fingerprint density at radius 2 is 1.75 bits per heavy atom. The topological polar surface area (TPSA) is 196 Å². The molecule has 1 atom stereocenters. The quantitative estimate of drug-likeness (QED) is 0.0743. The number of carbonyl (C=O) groups is 5. The summed E-state index contributed by atoms with van der Waals surface area (Å²) < 4.78 is 1.90. The van der Waals surface area contributed by atoms with Crippen molar-refractivity contribution in [2.24, 2.45) is 0 Å². The molecule has 0 saturated carbocycles. The number of amides is 5. The van der Waals surface area contributed by atoms with Gasteiger partial charge in [0.25, 0.3) is 17.7 Å². The third kappa shape index (κ3) is 7.49. The van der Waals surface area contributed by atoms with E-state index in [1.807, 2.05) is 41.5 Å². The minimum absolute atomic E-state index is 0.0717. The van der Waals surface area contributed by atoms with Gasteiger partial charge >= 0.3 is 0 Å². The number of hydrogen-bond donors (Lipinski definition) is 5. The van der Waals surface area contributed by atoms with Crippen molar-refractivity contribution in [2.45, 2.75) is 64.5 Å². The van der Waals surface area contributed by atoms with Crippen LogP contribution >= 0.6 is 0 Å². The average Bonchev–Trinajstić information content (AvgIpc) is 3.89. The predicted molar refractivity (Wildman–Crippen MR) is 198 cm³/mol. The molecule has 2 aliphatic heterocycles. The van der Waals surface area contributed by atoms with Gasteiger partial charge in [0.15, 0.2) is 0 Å². The Balaban J connectivity index is 0.844. The van der Waals surface area contributed by atoms with E-state index in [-0.39, 0.29) is 29.9 Å². The molecule has 1 saturated heterocycles. The molecule has 15 nitrogen and oxygen atoms in total. The first kappa shape index (κ1) is 35.0. The van der Waals surface area contributed by atoms with Gasteiger partial charge in [-0.15, -0.1) is 0 Å². The van der Waals surface area contributed by atoms with Crippen LogP contribution in [0, 0.1) is 0 Å². The van der Waals surface area contributed by atoms with Crippen molar-refractivity contribution in [3.63, 3.8) is 0 Å². The molecule has 0 aliphatic carbocycles. The van der Waals surface area contributed by atoms with Crippen LogP contribution in [0.4, 0.5) is 17.3 Å². The molecule has 15 heteroatoms. The Hall–Kier alpha value is -6.38. The second kappa shape index (κ2) is 15.5. The molecular formula is C38H40N10O5. The average molecular weight is 717 g/mol. The number of H-pyrrole nitrogens is 1. The number of hydrogen-bond acceptors (Lipinski definition) is 10. The first-order valence-corrected chi connectivity index (χ1v) is 17.9. The number of fused-ring (bicyclic) bond motifs is 2. The van der Waals surface area contributed by atoms with Gasteiger partial charge in [0.2, 0.25) is 17.8 Å². The molecule has 2 aromatic carbocycles. The molecule has 1 fully saturated rings. The fraction of sp³-hybridized carbons (Fsp3) is 0.316. The number of aromatic amines is 1. The van der Waals surface area contributed by atoms with E-state index in [9.17, 15) is 24.0 Å². The van der Waals surface area contributed by atoms with Crippen LogP contribution in [0.2, 0.25) is 0 Å². The van der Waals surface area contributed by atoms with Crippen molar-refractivity contribution in [1.82, 2.24) is 40.3 Å². The number of nitrogens with zero attached hydrogens (tertiary/aromatic N) is 5. The molecule has 7 rings (SSSR count). The molecule has 5 amide bonds. The Morgan fingerprint density at radius 3 is 2.55 bits per heavy atom. The summed E-state index contributed by atoms with van der Waals surface area (Å²) in [5.74, 6) is -1.83. The van der Waals surface area contributed by atoms with E-state index < -0.39 is 29.7 Å². The summed E-state index contributed by atoms with van der Waals surface area (Å²) in [4.78, 5) is 76.6. The van der Waals surface area contributed by atoms with Crippen molar-refractivity contribution < 1.29 is 24.0 Å². The number of carbonyl (C=O) groups excluding carboxylic acids is 5. The lowest BCUT2D eigenvalue weighted by Gasteiger charge is -2.27. The lowest BCUT2D eigenvalue weighted by molar-refractivity contribution is -0.136. The molecule has 2 aliphatic rings. The maximum atomic E-state index is 13.3. The number of benzene rings is 2. The van der Waals surface area contributed by atoms with Crippen LogP contribution in [-0.2, 0) is 16.1 Å². The van der Waals surface area contributed by atoms with E-state index in [0.29, 0.717) is 35.9 Å². The van der Waals surface area contributed by atoms with E-state index in [0.717, 1.165) is 65.9 Å². The molecule has 0 spiro atoms. The fourth-order valence-corrected chi connectivity index (χ4v) is 6.68. The first-order chi connectivity index (χ1) is 25.8. The summed E-state index contributed by atoms with van der Waals surface area (Å²) in [6.07, 6.45) is 10.2. The number of imide groups is 2. The van der Waals surface area contributed by atoms with Crippen LogP contribution in [-0.4, -0.2) is 78.3 Å².